The van der Waals surface area contributed by atoms with Gasteiger partial charge >= 0.3 is 8.03 Å². The fraction of sp³-hybridized carbons (Fsp3) is 0.200. The largest absolute Gasteiger partial charge is 0.537 e. The third-order valence-corrected chi connectivity index (χ3v) is 2.14. The van der Waals surface area contributed by atoms with E-state index in [0.29, 0.717) is 0 Å². The second-order valence-electron chi connectivity index (χ2n) is 2.71. The molecule has 0 saturated heterocycles. The molecule has 1 rings (SSSR count). The molecule has 0 fully saturated rings. The van der Waals surface area contributed by atoms with Crippen LogP contribution in [-0.2, 0) is 11.0 Å². The predicted molar refractivity (Wildman–Crippen MR) is 53.7 cm³/mol. The summed E-state index contributed by atoms with van der Waals surface area (Å²) in [5.74, 6) is 1.33. The molecule has 2 nitrogen and oxygen atoms in total. The lowest BCUT2D eigenvalue weighted by Crippen LogP contribution is -1.80. The van der Waals surface area contributed by atoms with Crippen LogP contribution in [0.4, 0.5) is 0 Å². The van der Waals surface area contributed by atoms with Gasteiger partial charge in [-0.2, -0.15) is 4.89 Å². The van der Waals surface area contributed by atoms with Crippen LogP contribution in [0, 0.1) is 0 Å². The summed E-state index contributed by atoms with van der Waals surface area (Å²) in [6.45, 7) is 0. The van der Waals surface area contributed by atoms with Gasteiger partial charge in [-0.05, 0) is 29.0 Å². The second kappa shape index (κ2) is 5.63. The van der Waals surface area contributed by atoms with Crippen molar-refractivity contribution in [3.8, 4) is 0 Å². The summed E-state index contributed by atoms with van der Waals surface area (Å²) in [4.78, 5) is 8.47. The molecule has 1 N–H and O–H groups in total. The number of allylic oxidation sites excluding steroid dienone is 1. The van der Waals surface area contributed by atoms with Gasteiger partial charge in [-0.3, -0.25) is 0 Å². The van der Waals surface area contributed by atoms with Crippen LogP contribution < -0.4 is 0 Å². The molecule has 1 unspecified atom stereocenters. The van der Waals surface area contributed by atoms with Crippen molar-refractivity contribution < 1.29 is 9.46 Å². The van der Waals surface area contributed by atoms with Gasteiger partial charge in [-0.15, -0.1) is 0 Å². The SMILES string of the molecule is O=[P+](O)C=CCCc1ccccc1. The van der Waals surface area contributed by atoms with Crippen LogP contribution in [0.5, 0.6) is 0 Å². The summed E-state index contributed by atoms with van der Waals surface area (Å²) in [5.41, 5.74) is 1.25. The first-order chi connectivity index (χ1) is 6.29. The number of rotatable bonds is 4. The average Bonchev–Trinajstić information content (AvgIpc) is 2.14. The molecule has 0 aromatic heterocycles. The highest BCUT2D eigenvalue weighted by molar-refractivity contribution is 7.41. The maximum atomic E-state index is 10.3. The van der Waals surface area contributed by atoms with E-state index in [0.717, 1.165) is 12.8 Å². The fourth-order valence-electron chi connectivity index (χ4n) is 1.06. The van der Waals surface area contributed by atoms with Crippen molar-refractivity contribution in [3.05, 3.63) is 47.8 Å². The van der Waals surface area contributed by atoms with Gasteiger partial charge in [0, 0.05) is 0 Å². The van der Waals surface area contributed by atoms with Crippen molar-refractivity contribution in [2.45, 2.75) is 12.8 Å². The Morgan fingerprint density at radius 3 is 2.62 bits per heavy atom. The lowest BCUT2D eigenvalue weighted by molar-refractivity contribution is 0.512. The minimum Gasteiger partial charge on any atom is -0.157 e. The zero-order valence-corrected chi connectivity index (χ0v) is 8.15. The molecule has 0 aliphatic heterocycles. The number of aryl methyl sites for hydroxylation is 1. The fourth-order valence-corrected chi connectivity index (χ4v) is 1.39. The van der Waals surface area contributed by atoms with E-state index in [1.54, 1.807) is 6.08 Å². The van der Waals surface area contributed by atoms with E-state index < -0.39 is 8.03 Å². The normalized spacial score (nSPS) is 11.9. The van der Waals surface area contributed by atoms with Crippen molar-refractivity contribution in [2.24, 2.45) is 0 Å². The first-order valence-electron chi connectivity index (χ1n) is 4.15. The van der Waals surface area contributed by atoms with Gasteiger partial charge in [0.25, 0.3) is 0 Å². The molecule has 0 radical (unpaired) electrons. The van der Waals surface area contributed by atoms with Gasteiger partial charge in [0.15, 0.2) is 5.82 Å². The van der Waals surface area contributed by atoms with E-state index in [9.17, 15) is 4.57 Å². The van der Waals surface area contributed by atoms with Gasteiger partial charge in [-0.1, -0.05) is 30.3 Å². The van der Waals surface area contributed by atoms with Crippen LogP contribution in [-0.4, -0.2) is 4.89 Å². The van der Waals surface area contributed by atoms with Crippen molar-refractivity contribution in [1.82, 2.24) is 0 Å². The van der Waals surface area contributed by atoms with E-state index in [1.165, 1.54) is 11.4 Å². The topological polar surface area (TPSA) is 37.3 Å². The molecule has 1 aromatic rings. The molecular formula is C10H12O2P+. The molecule has 0 amide bonds. The lowest BCUT2D eigenvalue weighted by Gasteiger charge is -1.94. The zero-order chi connectivity index (χ0) is 9.52. The Hall–Kier alpha value is -0.980. The van der Waals surface area contributed by atoms with Crippen molar-refractivity contribution in [2.75, 3.05) is 0 Å². The third-order valence-electron chi connectivity index (χ3n) is 1.68. The van der Waals surface area contributed by atoms with Gasteiger partial charge < -0.3 is 0 Å². The Morgan fingerprint density at radius 1 is 1.31 bits per heavy atom. The molecule has 0 bridgehead atoms. The van der Waals surface area contributed by atoms with Crippen LogP contribution in [0.3, 0.4) is 0 Å². The maximum Gasteiger partial charge on any atom is 0.537 e. The van der Waals surface area contributed by atoms with E-state index in [2.05, 4.69) is 0 Å². The summed E-state index contributed by atoms with van der Waals surface area (Å²) >= 11 is 0. The van der Waals surface area contributed by atoms with Gasteiger partial charge in [-0.25, -0.2) is 0 Å². The Bertz CT molecular complexity index is 293. The van der Waals surface area contributed by atoms with Gasteiger partial charge in [0.1, 0.15) is 0 Å². The summed E-state index contributed by atoms with van der Waals surface area (Å²) < 4.78 is 10.3. The molecule has 0 aliphatic rings. The molecule has 1 atom stereocenters. The predicted octanol–water partition coefficient (Wildman–Crippen LogP) is 2.87. The summed E-state index contributed by atoms with van der Waals surface area (Å²) in [7, 11) is -2.11. The van der Waals surface area contributed by atoms with Crippen molar-refractivity contribution in [1.29, 1.82) is 0 Å². The zero-order valence-electron chi connectivity index (χ0n) is 7.26. The van der Waals surface area contributed by atoms with Crippen LogP contribution in [0.2, 0.25) is 0 Å². The minimum atomic E-state index is -2.11. The smallest absolute Gasteiger partial charge is 0.157 e. The summed E-state index contributed by atoms with van der Waals surface area (Å²) in [6, 6.07) is 10.1. The molecule has 1 aromatic carbocycles. The van der Waals surface area contributed by atoms with E-state index >= 15 is 0 Å². The monoisotopic (exact) mass is 195 g/mol. The molecule has 0 spiro atoms. The van der Waals surface area contributed by atoms with Crippen LogP contribution in [0.25, 0.3) is 0 Å². The Labute approximate surface area is 78.8 Å². The second-order valence-corrected chi connectivity index (χ2v) is 3.61. The van der Waals surface area contributed by atoms with Crippen LogP contribution in [0.1, 0.15) is 12.0 Å². The van der Waals surface area contributed by atoms with Crippen LogP contribution >= 0.6 is 8.03 Å². The number of hydrogen-bond acceptors (Lipinski definition) is 1. The highest BCUT2D eigenvalue weighted by Gasteiger charge is 1.99. The number of hydrogen-bond donors (Lipinski definition) is 1. The minimum absolute atomic E-state index is 0.811. The molecular weight excluding hydrogens is 183 g/mol. The number of benzene rings is 1. The first-order valence-corrected chi connectivity index (χ1v) is 5.43. The van der Waals surface area contributed by atoms with E-state index in [-0.39, 0.29) is 0 Å². The highest BCUT2D eigenvalue weighted by Crippen LogP contribution is 2.14. The Morgan fingerprint density at radius 2 is 2.00 bits per heavy atom. The summed E-state index contributed by atoms with van der Waals surface area (Å²) in [5, 5.41) is 0. The highest BCUT2D eigenvalue weighted by atomic mass is 31.1. The Balaban J connectivity index is 2.32. The van der Waals surface area contributed by atoms with Gasteiger partial charge in [0.2, 0.25) is 0 Å². The third kappa shape index (κ3) is 4.56. The van der Waals surface area contributed by atoms with E-state index in [4.69, 9.17) is 4.89 Å². The molecule has 68 valence electrons. The molecule has 13 heavy (non-hydrogen) atoms. The average molecular weight is 195 g/mol. The molecule has 3 heteroatoms. The summed E-state index contributed by atoms with van der Waals surface area (Å²) in [6.07, 6.45) is 3.47. The first kappa shape index (κ1) is 10.1. The van der Waals surface area contributed by atoms with Crippen molar-refractivity contribution >= 4 is 8.03 Å². The van der Waals surface area contributed by atoms with Gasteiger partial charge in [0.05, 0.1) is 0 Å². The Kier molecular flexibility index (Phi) is 4.37. The molecule has 0 heterocycles. The standard InChI is InChI=1S/C10H11O2P/c11-13(12)9-5-4-8-10-6-2-1-3-7-10/h1-3,5-7,9H,4,8H2/p+1. The molecule has 0 aliphatic carbocycles. The molecule has 0 saturated carbocycles. The quantitative estimate of drug-likeness (QED) is 0.750. The van der Waals surface area contributed by atoms with E-state index in [1.807, 2.05) is 30.3 Å². The lowest BCUT2D eigenvalue weighted by atomic mass is 10.1. The maximum absolute atomic E-state index is 10.3. The van der Waals surface area contributed by atoms with Crippen molar-refractivity contribution in [3.63, 3.8) is 0 Å². The van der Waals surface area contributed by atoms with Crippen LogP contribution in [0.15, 0.2) is 42.2 Å².